The molecule has 178 valence electrons. The molecule has 10 heteroatoms. The van der Waals surface area contributed by atoms with E-state index in [1.54, 1.807) is 37.3 Å². The van der Waals surface area contributed by atoms with Gasteiger partial charge in [-0.3, -0.25) is 4.90 Å². The van der Waals surface area contributed by atoms with Gasteiger partial charge < -0.3 is 24.1 Å². The van der Waals surface area contributed by atoms with Crippen LogP contribution in [0.2, 0.25) is 0 Å². The molecule has 1 aliphatic heterocycles. The molecule has 0 spiro atoms. The summed E-state index contributed by atoms with van der Waals surface area (Å²) in [6.07, 6.45) is 0. The number of hydrogen-bond donors (Lipinski definition) is 1. The molecule has 1 atom stereocenters. The van der Waals surface area contributed by atoms with Crippen molar-refractivity contribution in [3.8, 4) is 28.6 Å². The quantitative estimate of drug-likeness (QED) is 0.548. The van der Waals surface area contributed by atoms with Gasteiger partial charge in [0.15, 0.2) is 23.1 Å². The second kappa shape index (κ2) is 9.42. The van der Waals surface area contributed by atoms with E-state index in [0.717, 1.165) is 5.56 Å². The number of halogens is 1. The highest BCUT2D eigenvalue weighted by Gasteiger charge is 2.35. The second-order valence-electron chi connectivity index (χ2n) is 7.51. The predicted octanol–water partition coefficient (Wildman–Crippen LogP) is 4.42. The van der Waals surface area contributed by atoms with Crippen molar-refractivity contribution in [1.82, 2.24) is 20.4 Å². The molecule has 3 aromatic rings. The van der Waals surface area contributed by atoms with E-state index in [-0.39, 0.29) is 23.5 Å². The maximum absolute atomic E-state index is 14.2. The van der Waals surface area contributed by atoms with Gasteiger partial charge in [-0.05, 0) is 49.7 Å². The zero-order valence-electron chi connectivity index (χ0n) is 19.5. The standard InChI is InChI=1S/C24H25FN4O5/c1-6-29-13(2)20(21(26-24(29)30)14-7-10-18(32-4)19(12-14)33-5)23-27-22(28-34-23)15-8-9-17(31-3)16(25)11-15/h7-12,21H,6H2,1-5H3,(H,26,30). The highest BCUT2D eigenvalue weighted by atomic mass is 19.1. The van der Waals surface area contributed by atoms with Gasteiger partial charge in [0, 0.05) is 17.8 Å². The maximum Gasteiger partial charge on any atom is 0.322 e. The van der Waals surface area contributed by atoms with E-state index >= 15 is 0 Å². The lowest BCUT2D eigenvalue weighted by Gasteiger charge is -2.34. The number of nitrogens with zero attached hydrogens (tertiary/aromatic N) is 3. The molecule has 0 saturated heterocycles. The molecule has 0 radical (unpaired) electrons. The number of nitrogens with one attached hydrogen (secondary N) is 1. The summed E-state index contributed by atoms with van der Waals surface area (Å²) < 4.78 is 35.6. The van der Waals surface area contributed by atoms with E-state index in [2.05, 4.69) is 15.5 Å². The third kappa shape index (κ3) is 4.02. The number of urea groups is 1. The van der Waals surface area contributed by atoms with E-state index in [1.165, 1.54) is 19.2 Å². The SMILES string of the molecule is CCN1C(=O)NC(c2ccc(OC)c(OC)c2)C(c2nc(-c3ccc(OC)c(F)c3)no2)=C1C. The average molecular weight is 468 g/mol. The van der Waals surface area contributed by atoms with Crippen LogP contribution in [0.25, 0.3) is 17.0 Å². The van der Waals surface area contributed by atoms with Crippen molar-refractivity contribution in [3.63, 3.8) is 0 Å². The first-order chi connectivity index (χ1) is 16.4. The first kappa shape index (κ1) is 23.1. The Bertz CT molecular complexity index is 1260. The van der Waals surface area contributed by atoms with E-state index in [1.807, 2.05) is 19.9 Å². The number of carbonyl (C=O) groups is 1. The third-order valence-electron chi connectivity index (χ3n) is 5.72. The molecule has 2 heterocycles. The maximum atomic E-state index is 14.2. The highest BCUT2D eigenvalue weighted by molar-refractivity contribution is 5.87. The van der Waals surface area contributed by atoms with Crippen LogP contribution in [0, 0.1) is 5.82 Å². The van der Waals surface area contributed by atoms with Crippen molar-refractivity contribution in [2.75, 3.05) is 27.9 Å². The Morgan fingerprint density at radius 1 is 1.06 bits per heavy atom. The summed E-state index contributed by atoms with van der Waals surface area (Å²) in [5.41, 5.74) is 2.47. The van der Waals surface area contributed by atoms with Crippen LogP contribution < -0.4 is 19.5 Å². The number of benzene rings is 2. The minimum atomic E-state index is -0.587. The zero-order valence-corrected chi connectivity index (χ0v) is 19.5. The van der Waals surface area contributed by atoms with Gasteiger partial charge in [-0.1, -0.05) is 11.2 Å². The normalized spacial score (nSPS) is 15.9. The number of ether oxygens (including phenoxy) is 3. The van der Waals surface area contributed by atoms with Crippen molar-refractivity contribution >= 4 is 11.6 Å². The van der Waals surface area contributed by atoms with Crippen molar-refractivity contribution in [2.45, 2.75) is 19.9 Å². The Labute approximate surface area is 196 Å². The molecule has 0 aliphatic carbocycles. The van der Waals surface area contributed by atoms with Gasteiger partial charge in [0.2, 0.25) is 5.82 Å². The van der Waals surface area contributed by atoms with Crippen LogP contribution in [0.15, 0.2) is 46.6 Å². The number of rotatable bonds is 7. The van der Waals surface area contributed by atoms with Gasteiger partial charge in [0.25, 0.3) is 5.89 Å². The van der Waals surface area contributed by atoms with E-state index in [0.29, 0.717) is 34.9 Å². The summed E-state index contributed by atoms with van der Waals surface area (Å²) in [4.78, 5) is 18.9. The highest BCUT2D eigenvalue weighted by Crippen LogP contribution is 2.40. The van der Waals surface area contributed by atoms with Crippen LogP contribution in [0.1, 0.15) is 31.3 Å². The van der Waals surface area contributed by atoms with Crippen LogP contribution in [0.5, 0.6) is 17.2 Å². The van der Waals surface area contributed by atoms with Crippen LogP contribution >= 0.6 is 0 Å². The molecule has 2 amide bonds. The molecular formula is C24H25FN4O5. The first-order valence-electron chi connectivity index (χ1n) is 10.6. The molecule has 4 rings (SSSR count). The van der Waals surface area contributed by atoms with Crippen molar-refractivity contribution in [1.29, 1.82) is 0 Å². The monoisotopic (exact) mass is 468 g/mol. The summed E-state index contributed by atoms with van der Waals surface area (Å²) >= 11 is 0. The molecule has 1 unspecified atom stereocenters. The second-order valence-corrected chi connectivity index (χ2v) is 7.51. The van der Waals surface area contributed by atoms with Crippen LogP contribution in [-0.2, 0) is 0 Å². The summed E-state index contributed by atoms with van der Waals surface area (Å²) in [7, 11) is 4.49. The Morgan fingerprint density at radius 3 is 2.41 bits per heavy atom. The van der Waals surface area contributed by atoms with E-state index in [4.69, 9.17) is 18.7 Å². The number of carbonyl (C=O) groups excluding carboxylic acids is 1. The van der Waals surface area contributed by atoms with Gasteiger partial charge in [-0.2, -0.15) is 4.98 Å². The smallest absolute Gasteiger partial charge is 0.322 e. The minimum Gasteiger partial charge on any atom is -0.494 e. The van der Waals surface area contributed by atoms with Gasteiger partial charge in [-0.25, -0.2) is 9.18 Å². The Balaban J connectivity index is 1.80. The van der Waals surface area contributed by atoms with E-state index in [9.17, 15) is 9.18 Å². The average Bonchev–Trinajstić information content (AvgIpc) is 3.33. The van der Waals surface area contributed by atoms with Gasteiger partial charge >= 0.3 is 6.03 Å². The van der Waals surface area contributed by atoms with Gasteiger partial charge in [-0.15, -0.1) is 0 Å². The lowest BCUT2D eigenvalue weighted by Crippen LogP contribution is -2.45. The summed E-state index contributed by atoms with van der Waals surface area (Å²) in [5.74, 6) is 1.08. The molecule has 0 fully saturated rings. The largest absolute Gasteiger partial charge is 0.494 e. The predicted molar refractivity (Wildman–Crippen MR) is 122 cm³/mol. The van der Waals surface area contributed by atoms with Gasteiger partial charge in [0.1, 0.15) is 0 Å². The van der Waals surface area contributed by atoms with Gasteiger partial charge in [0.05, 0.1) is 32.9 Å². The molecule has 2 aromatic carbocycles. The molecule has 0 saturated carbocycles. The molecule has 0 bridgehead atoms. The lowest BCUT2D eigenvalue weighted by atomic mass is 9.94. The lowest BCUT2D eigenvalue weighted by molar-refractivity contribution is 0.207. The Morgan fingerprint density at radius 2 is 1.76 bits per heavy atom. The van der Waals surface area contributed by atoms with Crippen LogP contribution in [0.4, 0.5) is 9.18 Å². The summed E-state index contributed by atoms with van der Waals surface area (Å²) in [5, 5.41) is 7.05. The summed E-state index contributed by atoms with van der Waals surface area (Å²) in [6, 6.07) is 8.96. The van der Waals surface area contributed by atoms with E-state index < -0.39 is 11.9 Å². The molecular weight excluding hydrogens is 443 g/mol. The van der Waals surface area contributed by atoms with Crippen molar-refractivity contribution in [2.24, 2.45) is 0 Å². The molecule has 34 heavy (non-hydrogen) atoms. The molecule has 1 aliphatic rings. The fraction of sp³-hybridized carbons (Fsp3) is 0.292. The number of methoxy groups -OCH3 is 3. The van der Waals surface area contributed by atoms with Crippen molar-refractivity contribution < 1.29 is 27.9 Å². The number of aromatic nitrogens is 2. The van der Waals surface area contributed by atoms with Crippen molar-refractivity contribution in [3.05, 3.63) is 59.4 Å². The number of amides is 2. The van der Waals surface area contributed by atoms with Crippen LogP contribution in [0.3, 0.4) is 0 Å². The number of allylic oxidation sites excluding steroid dienone is 1. The fourth-order valence-corrected chi connectivity index (χ4v) is 3.98. The fourth-order valence-electron chi connectivity index (χ4n) is 3.98. The minimum absolute atomic E-state index is 0.119. The first-order valence-corrected chi connectivity index (χ1v) is 10.6. The summed E-state index contributed by atoms with van der Waals surface area (Å²) in [6.45, 7) is 4.14. The Hall–Kier alpha value is -4.08. The molecule has 1 N–H and O–H groups in total. The zero-order chi connectivity index (χ0) is 24.4. The van der Waals surface area contributed by atoms with Crippen LogP contribution in [-0.4, -0.2) is 48.9 Å². The molecule has 1 aromatic heterocycles. The Kier molecular flexibility index (Phi) is 6.40. The molecule has 9 nitrogen and oxygen atoms in total. The third-order valence-corrected chi connectivity index (χ3v) is 5.72. The topological polar surface area (TPSA) is 99.0 Å². The number of hydrogen-bond acceptors (Lipinski definition) is 7.